The average molecular weight is 214 g/mol. The molecule has 0 nitrogen and oxygen atoms in total. The molecular weight excluding hydrogens is 192 g/mol. The lowest BCUT2D eigenvalue weighted by Gasteiger charge is -2.29. The van der Waals surface area contributed by atoms with Crippen molar-refractivity contribution in [3.63, 3.8) is 0 Å². The molecule has 2 aliphatic rings. The molecule has 3 rings (SSSR count). The van der Waals surface area contributed by atoms with E-state index < -0.39 is 0 Å². The van der Waals surface area contributed by atoms with Crippen LogP contribution in [-0.4, -0.2) is 0 Å². The molecule has 0 aliphatic heterocycles. The summed E-state index contributed by atoms with van der Waals surface area (Å²) >= 11 is 0. The lowest BCUT2D eigenvalue weighted by atomic mass is 9.76. The van der Waals surface area contributed by atoms with Crippen LogP contribution in [0.2, 0.25) is 0 Å². The minimum atomic E-state index is 0.673. The molecule has 0 heterocycles. The lowest BCUT2D eigenvalue weighted by molar-refractivity contribution is 0.422. The van der Waals surface area contributed by atoms with Crippen molar-refractivity contribution >= 4 is 0 Å². The number of hydrogen-bond acceptors (Lipinski definition) is 0. The highest BCUT2D eigenvalue weighted by Crippen LogP contribution is 2.47. The Morgan fingerprint density at radius 3 is 2.81 bits per heavy atom. The summed E-state index contributed by atoms with van der Waals surface area (Å²) in [7, 11) is 0. The Labute approximate surface area is 99.1 Å². The van der Waals surface area contributed by atoms with E-state index in [2.05, 4.69) is 32.0 Å². The molecule has 2 atom stereocenters. The fourth-order valence-corrected chi connectivity index (χ4v) is 3.68. The van der Waals surface area contributed by atoms with E-state index in [0.717, 1.165) is 11.8 Å². The maximum Gasteiger partial charge on any atom is -0.0131 e. The van der Waals surface area contributed by atoms with Gasteiger partial charge in [0.2, 0.25) is 0 Å². The summed E-state index contributed by atoms with van der Waals surface area (Å²) in [4.78, 5) is 0. The molecule has 0 bridgehead atoms. The summed E-state index contributed by atoms with van der Waals surface area (Å²) in [6.07, 6.45) is 7.16. The maximum absolute atomic E-state index is 2.52. The van der Waals surface area contributed by atoms with E-state index in [-0.39, 0.29) is 0 Å². The van der Waals surface area contributed by atoms with Gasteiger partial charge in [-0.15, -0.1) is 0 Å². The molecule has 1 aromatic rings. The van der Waals surface area contributed by atoms with E-state index in [1.165, 1.54) is 37.7 Å². The second-order valence-electron chi connectivity index (χ2n) is 5.95. The normalized spacial score (nSPS) is 27.9. The second kappa shape index (κ2) is 3.91. The summed E-state index contributed by atoms with van der Waals surface area (Å²) in [5, 5.41) is 0. The van der Waals surface area contributed by atoms with Crippen LogP contribution in [0.3, 0.4) is 0 Å². The highest BCUT2D eigenvalue weighted by molar-refractivity contribution is 5.38. The summed E-state index contributed by atoms with van der Waals surface area (Å²) in [6.45, 7) is 4.60. The van der Waals surface area contributed by atoms with Gasteiger partial charge in [0.15, 0.2) is 0 Å². The SMILES string of the molecule is CC(C)c1ccc2c(c1)C1CCC[C@@H]1CC2. The van der Waals surface area contributed by atoms with Gasteiger partial charge >= 0.3 is 0 Å². The van der Waals surface area contributed by atoms with Crippen LogP contribution >= 0.6 is 0 Å². The van der Waals surface area contributed by atoms with Crippen molar-refractivity contribution in [3.8, 4) is 0 Å². The Kier molecular flexibility index (Phi) is 2.53. The molecule has 1 unspecified atom stereocenters. The highest BCUT2D eigenvalue weighted by atomic mass is 14.4. The van der Waals surface area contributed by atoms with Crippen LogP contribution < -0.4 is 0 Å². The summed E-state index contributed by atoms with van der Waals surface area (Å²) in [6, 6.07) is 7.26. The average Bonchev–Trinajstić information content (AvgIpc) is 2.76. The van der Waals surface area contributed by atoms with Crippen molar-refractivity contribution in [1.82, 2.24) is 0 Å². The summed E-state index contributed by atoms with van der Waals surface area (Å²) in [5.41, 5.74) is 4.89. The predicted octanol–water partition coefficient (Wildman–Crippen LogP) is 4.64. The van der Waals surface area contributed by atoms with Crippen LogP contribution in [0.5, 0.6) is 0 Å². The van der Waals surface area contributed by atoms with Crippen molar-refractivity contribution in [1.29, 1.82) is 0 Å². The molecule has 1 aromatic carbocycles. The van der Waals surface area contributed by atoms with Crippen LogP contribution in [0.15, 0.2) is 18.2 Å². The van der Waals surface area contributed by atoms with Crippen molar-refractivity contribution in [2.24, 2.45) is 5.92 Å². The van der Waals surface area contributed by atoms with Crippen molar-refractivity contribution in [2.45, 2.75) is 57.8 Å². The molecule has 0 aromatic heterocycles. The van der Waals surface area contributed by atoms with Crippen LogP contribution in [0.4, 0.5) is 0 Å². The molecule has 1 fully saturated rings. The van der Waals surface area contributed by atoms with Crippen molar-refractivity contribution in [3.05, 3.63) is 34.9 Å². The number of rotatable bonds is 1. The molecule has 0 amide bonds. The van der Waals surface area contributed by atoms with Gasteiger partial charge < -0.3 is 0 Å². The zero-order valence-corrected chi connectivity index (χ0v) is 10.5. The summed E-state index contributed by atoms with van der Waals surface area (Å²) < 4.78 is 0. The molecule has 16 heavy (non-hydrogen) atoms. The zero-order chi connectivity index (χ0) is 11.1. The first-order valence-corrected chi connectivity index (χ1v) is 6.88. The first-order chi connectivity index (χ1) is 7.75. The van der Waals surface area contributed by atoms with Gasteiger partial charge in [-0.1, -0.05) is 38.5 Å². The first kappa shape index (κ1) is 10.4. The van der Waals surface area contributed by atoms with Crippen molar-refractivity contribution < 1.29 is 0 Å². The molecule has 0 heteroatoms. The topological polar surface area (TPSA) is 0 Å². The van der Waals surface area contributed by atoms with Crippen LogP contribution in [0, 0.1) is 5.92 Å². The van der Waals surface area contributed by atoms with E-state index in [4.69, 9.17) is 0 Å². The van der Waals surface area contributed by atoms with Crippen LogP contribution in [0.25, 0.3) is 0 Å². The minimum Gasteiger partial charge on any atom is -0.0587 e. The van der Waals surface area contributed by atoms with E-state index >= 15 is 0 Å². The maximum atomic E-state index is 2.52. The van der Waals surface area contributed by atoms with Gasteiger partial charge in [-0.05, 0) is 60.1 Å². The zero-order valence-electron chi connectivity index (χ0n) is 10.5. The number of benzene rings is 1. The molecular formula is C16H22. The van der Waals surface area contributed by atoms with E-state index in [1.54, 1.807) is 11.1 Å². The predicted molar refractivity (Wildman–Crippen MR) is 68.9 cm³/mol. The van der Waals surface area contributed by atoms with E-state index in [9.17, 15) is 0 Å². The monoisotopic (exact) mass is 214 g/mol. The van der Waals surface area contributed by atoms with Crippen LogP contribution in [-0.2, 0) is 6.42 Å². The van der Waals surface area contributed by atoms with Crippen molar-refractivity contribution in [2.75, 3.05) is 0 Å². The molecule has 86 valence electrons. The standard InChI is InChI=1S/C16H22/c1-11(2)14-9-8-13-7-6-12-4-3-5-15(12)16(13)10-14/h8-12,15H,3-7H2,1-2H3/t12-,15?/m1/s1. The first-order valence-electron chi connectivity index (χ1n) is 6.88. The number of hydrogen-bond donors (Lipinski definition) is 0. The third-order valence-corrected chi connectivity index (χ3v) is 4.68. The number of aryl methyl sites for hydroxylation is 1. The Balaban J connectivity index is 2.02. The van der Waals surface area contributed by atoms with Gasteiger partial charge in [0, 0.05) is 0 Å². The van der Waals surface area contributed by atoms with E-state index in [1.807, 2.05) is 0 Å². The number of fused-ring (bicyclic) bond motifs is 3. The third kappa shape index (κ3) is 1.59. The molecule has 0 saturated heterocycles. The smallest absolute Gasteiger partial charge is 0.0131 e. The molecule has 0 spiro atoms. The quantitative estimate of drug-likeness (QED) is 0.639. The fraction of sp³-hybridized carbons (Fsp3) is 0.625. The Morgan fingerprint density at radius 1 is 1.12 bits per heavy atom. The minimum absolute atomic E-state index is 0.673. The van der Waals surface area contributed by atoms with Gasteiger partial charge in [-0.25, -0.2) is 0 Å². The van der Waals surface area contributed by atoms with Gasteiger partial charge in [0.05, 0.1) is 0 Å². The Bertz CT molecular complexity index is 389. The van der Waals surface area contributed by atoms with E-state index in [0.29, 0.717) is 5.92 Å². The second-order valence-corrected chi connectivity index (χ2v) is 5.95. The van der Waals surface area contributed by atoms with Gasteiger partial charge in [0.1, 0.15) is 0 Å². The Hall–Kier alpha value is -0.780. The molecule has 2 aliphatic carbocycles. The third-order valence-electron chi connectivity index (χ3n) is 4.68. The lowest BCUT2D eigenvalue weighted by Crippen LogP contribution is -2.16. The summed E-state index contributed by atoms with van der Waals surface area (Å²) in [5.74, 6) is 2.59. The van der Waals surface area contributed by atoms with Gasteiger partial charge in [-0.2, -0.15) is 0 Å². The van der Waals surface area contributed by atoms with Gasteiger partial charge in [0.25, 0.3) is 0 Å². The van der Waals surface area contributed by atoms with Crippen LogP contribution in [0.1, 0.15) is 68.1 Å². The fourth-order valence-electron chi connectivity index (χ4n) is 3.68. The Morgan fingerprint density at radius 2 is 2.00 bits per heavy atom. The molecule has 0 N–H and O–H groups in total. The molecule has 1 saturated carbocycles. The largest absolute Gasteiger partial charge is 0.0587 e. The molecule has 0 radical (unpaired) electrons. The highest BCUT2D eigenvalue weighted by Gasteiger charge is 2.33. The van der Waals surface area contributed by atoms with Gasteiger partial charge in [-0.3, -0.25) is 0 Å².